The van der Waals surface area contributed by atoms with Gasteiger partial charge in [0.25, 0.3) is 0 Å². The number of hydrogen-bond donors (Lipinski definition) is 0. The number of ether oxygens (including phenoxy) is 4. The van der Waals surface area contributed by atoms with Crippen molar-refractivity contribution in [3.63, 3.8) is 0 Å². The molecule has 2 fully saturated rings. The quantitative estimate of drug-likeness (QED) is 0.237. The van der Waals surface area contributed by atoms with Crippen LogP contribution in [0.4, 0.5) is 0 Å². The number of allylic oxidation sites excluding steroid dienone is 4. The molecule has 0 N–H and O–H groups in total. The molecule has 0 aromatic heterocycles. The minimum Gasteiger partial charge on any atom is -0.488 e. The van der Waals surface area contributed by atoms with Crippen molar-refractivity contribution in [2.75, 3.05) is 92.0 Å². The van der Waals surface area contributed by atoms with Crippen molar-refractivity contribution in [2.24, 2.45) is 0 Å². The largest absolute Gasteiger partial charge is 0.488 e. The number of hydrogen-bond acceptors (Lipinski definition) is 4. The summed E-state index contributed by atoms with van der Waals surface area (Å²) in [6, 6.07) is 17.1. The Hall–Kier alpha value is -2.64. The van der Waals surface area contributed by atoms with Gasteiger partial charge in [0.05, 0.1) is 39.5 Å². The molecule has 0 aliphatic carbocycles. The van der Waals surface area contributed by atoms with Crippen LogP contribution in [0, 0.1) is 0 Å². The Balaban J connectivity index is 1.32. The van der Waals surface area contributed by atoms with Crippen LogP contribution in [0.15, 0.2) is 60.7 Å². The van der Waals surface area contributed by atoms with Gasteiger partial charge in [-0.15, -0.1) is 0 Å². The summed E-state index contributed by atoms with van der Waals surface area (Å²) in [6.45, 7) is 22.3. The van der Waals surface area contributed by atoms with E-state index < -0.39 is 0 Å². The highest BCUT2D eigenvalue weighted by molar-refractivity contribution is 6.04. The minimum absolute atomic E-state index is 0.727. The highest BCUT2D eigenvalue weighted by Crippen LogP contribution is 2.33. The van der Waals surface area contributed by atoms with Crippen LogP contribution in [-0.2, 0) is 9.47 Å². The van der Waals surface area contributed by atoms with Crippen molar-refractivity contribution in [2.45, 2.75) is 27.7 Å². The van der Waals surface area contributed by atoms with Crippen LogP contribution in [0.2, 0.25) is 0 Å². The molecular weight excluding hydrogens is 500 g/mol. The van der Waals surface area contributed by atoms with Crippen LogP contribution in [0.3, 0.4) is 0 Å². The second-order valence-electron chi connectivity index (χ2n) is 11.0. The molecule has 0 unspecified atom stereocenters. The number of likely N-dealkylation sites (N-methyl/N-ethyl adjacent to an activating group) is 2. The Kier molecular flexibility index (Phi) is 11.2. The molecule has 2 aromatic rings. The van der Waals surface area contributed by atoms with E-state index in [-0.39, 0.29) is 0 Å². The smallest absolute Gasteiger partial charge is 0.137 e. The molecule has 6 heteroatoms. The first-order valence-corrected chi connectivity index (χ1v) is 15.2. The molecule has 2 saturated heterocycles. The zero-order valence-corrected chi connectivity index (χ0v) is 25.2. The lowest BCUT2D eigenvalue weighted by molar-refractivity contribution is -0.933. The number of nitrogens with zero attached hydrogens (tertiary/aromatic N) is 2. The molecule has 6 nitrogen and oxygen atoms in total. The van der Waals surface area contributed by atoms with E-state index in [2.05, 4.69) is 88.4 Å². The van der Waals surface area contributed by atoms with E-state index in [9.17, 15) is 0 Å². The maximum Gasteiger partial charge on any atom is 0.137 e. The second-order valence-corrected chi connectivity index (χ2v) is 11.0. The molecule has 0 spiro atoms. The summed E-state index contributed by atoms with van der Waals surface area (Å²) in [5, 5.41) is 0. The Morgan fingerprint density at radius 3 is 1.27 bits per heavy atom. The van der Waals surface area contributed by atoms with Gasteiger partial charge in [-0.3, -0.25) is 0 Å². The summed E-state index contributed by atoms with van der Waals surface area (Å²) in [5.41, 5.74) is 4.81. The SMILES string of the molecule is C/C=C(\C(=C/C)c1ccc(OCC[N+]2(CC)CCOCC2)cc1)c1ccc(OCC[N+]2(CC)CCOCC2)cc1. The molecule has 4 rings (SSSR count). The average molecular weight is 551 g/mol. The van der Waals surface area contributed by atoms with E-state index in [0.29, 0.717) is 0 Å². The van der Waals surface area contributed by atoms with E-state index >= 15 is 0 Å². The topological polar surface area (TPSA) is 36.9 Å². The predicted octanol–water partition coefficient (Wildman–Crippen LogP) is 5.68. The van der Waals surface area contributed by atoms with Crippen LogP contribution in [0.1, 0.15) is 38.8 Å². The molecular formula is C34H50N2O4+2. The fourth-order valence-electron chi connectivity index (χ4n) is 5.99. The minimum atomic E-state index is 0.727. The third kappa shape index (κ3) is 7.76. The van der Waals surface area contributed by atoms with Crippen LogP contribution in [0.5, 0.6) is 11.5 Å². The fraction of sp³-hybridized carbons (Fsp3) is 0.529. The third-order valence-corrected chi connectivity index (χ3v) is 9.05. The Labute approximate surface area is 242 Å². The molecule has 0 saturated carbocycles. The summed E-state index contributed by atoms with van der Waals surface area (Å²) in [4.78, 5) is 0. The zero-order chi connectivity index (χ0) is 28.3. The van der Waals surface area contributed by atoms with Gasteiger partial charge >= 0.3 is 0 Å². The highest BCUT2D eigenvalue weighted by atomic mass is 16.5. The Morgan fingerprint density at radius 2 is 0.975 bits per heavy atom. The number of morpholine rings is 2. The first-order valence-electron chi connectivity index (χ1n) is 15.2. The van der Waals surface area contributed by atoms with Gasteiger partial charge in [0.1, 0.15) is 64.0 Å². The van der Waals surface area contributed by atoms with Crippen LogP contribution < -0.4 is 9.47 Å². The number of quaternary nitrogens is 2. The summed E-state index contributed by atoms with van der Waals surface area (Å²) in [5.74, 6) is 1.85. The lowest BCUT2D eigenvalue weighted by atomic mass is 9.92. The third-order valence-electron chi connectivity index (χ3n) is 9.05. The maximum atomic E-state index is 6.16. The van der Waals surface area contributed by atoms with Crippen LogP contribution in [0.25, 0.3) is 11.1 Å². The van der Waals surface area contributed by atoms with E-state index in [1.54, 1.807) is 0 Å². The normalized spacial score (nSPS) is 19.3. The summed E-state index contributed by atoms with van der Waals surface area (Å²) < 4.78 is 25.6. The molecule has 2 aromatic carbocycles. The predicted molar refractivity (Wildman–Crippen MR) is 164 cm³/mol. The molecule has 0 amide bonds. The Bertz CT molecular complexity index is 1010. The molecule has 2 aliphatic heterocycles. The van der Waals surface area contributed by atoms with Crippen molar-refractivity contribution < 1.29 is 27.9 Å². The molecule has 2 aliphatic rings. The van der Waals surface area contributed by atoms with Crippen molar-refractivity contribution in [1.82, 2.24) is 0 Å². The van der Waals surface area contributed by atoms with Crippen LogP contribution in [-0.4, -0.2) is 101 Å². The lowest BCUT2D eigenvalue weighted by Gasteiger charge is -2.40. The summed E-state index contributed by atoms with van der Waals surface area (Å²) in [7, 11) is 0. The van der Waals surface area contributed by atoms with Gasteiger partial charge in [0, 0.05) is 0 Å². The molecule has 2 heterocycles. The van der Waals surface area contributed by atoms with E-state index in [1.807, 2.05) is 0 Å². The van der Waals surface area contributed by atoms with Gasteiger partial charge < -0.3 is 27.9 Å². The monoisotopic (exact) mass is 550 g/mol. The number of benzene rings is 2. The van der Waals surface area contributed by atoms with Gasteiger partial charge in [-0.1, -0.05) is 36.4 Å². The zero-order valence-electron chi connectivity index (χ0n) is 25.2. The van der Waals surface area contributed by atoms with Crippen molar-refractivity contribution in [3.05, 3.63) is 71.8 Å². The lowest BCUT2D eigenvalue weighted by Crippen LogP contribution is -2.56. The summed E-state index contributed by atoms with van der Waals surface area (Å²) in [6.07, 6.45) is 4.39. The first kappa shape index (κ1) is 30.3. The van der Waals surface area contributed by atoms with Crippen molar-refractivity contribution in [1.29, 1.82) is 0 Å². The van der Waals surface area contributed by atoms with E-state index in [1.165, 1.54) is 22.3 Å². The molecule has 40 heavy (non-hydrogen) atoms. The Morgan fingerprint density at radius 1 is 0.625 bits per heavy atom. The highest BCUT2D eigenvalue weighted by Gasteiger charge is 2.29. The van der Waals surface area contributed by atoms with Gasteiger partial charge in [-0.25, -0.2) is 0 Å². The van der Waals surface area contributed by atoms with Gasteiger partial charge in [-0.2, -0.15) is 0 Å². The van der Waals surface area contributed by atoms with Crippen LogP contribution >= 0.6 is 0 Å². The molecule has 218 valence electrons. The van der Waals surface area contributed by atoms with E-state index in [4.69, 9.17) is 18.9 Å². The second kappa shape index (κ2) is 14.8. The molecule has 0 bridgehead atoms. The maximum absolute atomic E-state index is 6.16. The fourth-order valence-corrected chi connectivity index (χ4v) is 5.99. The average Bonchev–Trinajstić information content (AvgIpc) is 3.02. The standard InChI is InChI=1S/C34H50N2O4/c1-5-33(29-9-13-31(14-10-29)39-27-21-35(7-3)17-23-37-24-18-35)34(6-2)30-11-15-32(16-12-30)40-28-22-36(8-4)19-25-38-26-20-36/h5-6,9-16H,7-8,17-28H2,1-4H3/q+2/b33-5-,34-6-. The van der Waals surface area contributed by atoms with Crippen molar-refractivity contribution >= 4 is 11.1 Å². The first-order chi connectivity index (χ1) is 19.6. The van der Waals surface area contributed by atoms with Crippen molar-refractivity contribution in [3.8, 4) is 11.5 Å². The molecule has 0 atom stereocenters. The molecule has 0 radical (unpaired) electrons. The van der Waals surface area contributed by atoms with Gasteiger partial charge in [0.2, 0.25) is 0 Å². The summed E-state index contributed by atoms with van der Waals surface area (Å²) >= 11 is 0. The van der Waals surface area contributed by atoms with E-state index in [0.717, 1.165) is 112 Å². The number of rotatable bonds is 13. The van der Waals surface area contributed by atoms with Gasteiger partial charge in [-0.05, 0) is 74.2 Å². The van der Waals surface area contributed by atoms with Gasteiger partial charge in [0.15, 0.2) is 0 Å².